The van der Waals surface area contributed by atoms with Gasteiger partial charge in [-0.2, -0.15) is 0 Å². The van der Waals surface area contributed by atoms with Gasteiger partial charge in [-0.3, -0.25) is 4.79 Å². The summed E-state index contributed by atoms with van der Waals surface area (Å²) in [4.78, 5) is 23.5. The Morgan fingerprint density at radius 1 is 0.971 bits per heavy atom. The van der Waals surface area contributed by atoms with Gasteiger partial charge in [0.25, 0.3) is 0 Å². The Balaban J connectivity index is 1.29. The predicted molar refractivity (Wildman–Crippen MR) is 137 cm³/mol. The van der Waals surface area contributed by atoms with Crippen LogP contribution in [-0.2, 0) is 11.3 Å². The average Bonchev–Trinajstić information content (AvgIpc) is 3.53. The first kappa shape index (κ1) is 22.9. The molecule has 3 N–H and O–H groups in total. The van der Waals surface area contributed by atoms with Crippen molar-refractivity contribution in [3.63, 3.8) is 0 Å². The minimum Gasteiger partial charge on any atom is -0.457 e. The van der Waals surface area contributed by atoms with Crippen LogP contribution in [0.1, 0.15) is 19.3 Å². The number of carbonyl (C=O) groups is 1. The quantitative estimate of drug-likeness (QED) is 0.383. The first-order chi connectivity index (χ1) is 17.2. The molecule has 1 amide bonds. The van der Waals surface area contributed by atoms with E-state index in [4.69, 9.17) is 10.5 Å². The molecule has 0 bridgehead atoms. The summed E-state index contributed by atoms with van der Waals surface area (Å²) < 4.78 is 7.90. The zero-order valence-electron chi connectivity index (χ0n) is 19.7. The first-order valence-electron chi connectivity index (χ1n) is 12.1. The number of aromatic nitrogens is 3. The van der Waals surface area contributed by atoms with Gasteiger partial charge in [0.1, 0.15) is 29.3 Å². The number of nitrogen functional groups attached to an aromatic ring is 1. The van der Waals surface area contributed by atoms with Crippen molar-refractivity contribution in [2.75, 3.05) is 31.9 Å². The summed E-state index contributed by atoms with van der Waals surface area (Å²) in [6.45, 7) is 4.37. The molecule has 1 fully saturated rings. The van der Waals surface area contributed by atoms with E-state index in [-0.39, 0.29) is 5.91 Å². The third-order valence-electron chi connectivity index (χ3n) is 6.36. The lowest BCUT2D eigenvalue weighted by molar-refractivity contribution is -0.121. The summed E-state index contributed by atoms with van der Waals surface area (Å²) in [5.74, 6) is 1.99. The fourth-order valence-corrected chi connectivity index (χ4v) is 4.53. The van der Waals surface area contributed by atoms with Crippen molar-refractivity contribution in [1.29, 1.82) is 0 Å². The highest BCUT2D eigenvalue weighted by Crippen LogP contribution is 2.34. The molecule has 0 radical (unpaired) electrons. The number of hydrogen-bond donors (Lipinski definition) is 2. The van der Waals surface area contributed by atoms with Gasteiger partial charge in [0, 0.05) is 37.8 Å². The minimum atomic E-state index is 0.0389. The molecule has 1 aliphatic heterocycles. The molecule has 180 valence electrons. The van der Waals surface area contributed by atoms with Crippen molar-refractivity contribution >= 4 is 22.8 Å². The second-order valence-corrected chi connectivity index (χ2v) is 8.78. The number of rotatable bonds is 9. The van der Waals surface area contributed by atoms with E-state index in [2.05, 4.69) is 20.2 Å². The van der Waals surface area contributed by atoms with E-state index in [9.17, 15) is 4.79 Å². The summed E-state index contributed by atoms with van der Waals surface area (Å²) in [5.41, 5.74) is 8.88. The maximum Gasteiger partial charge on any atom is 0.221 e. The molecule has 1 aliphatic rings. The molecule has 0 atom stereocenters. The topological polar surface area (TPSA) is 98.3 Å². The number of aryl methyl sites for hydroxylation is 1. The number of likely N-dealkylation sites (tertiary alicyclic amines) is 1. The van der Waals surface area contributed by atoms with Gasteiger partial charge in [-0.1, -0.05) is 30.3 Å². The SMILES string of the molecule is Nc1ncnc2c1c(-c1ccc(Oc3ccccc3)cc1)cn2CCC(=O)NCCN1CCCC1. The Morgan fingerprint density at radius 2 is 1.71 bits per heavy atom. The van der Waals surface area contributed by atoms with Crippen molar-refractivity contribution in [2.24, 2.45) is 0 Å². The van der Waals surface area contributed by atoms with Crippen molar-refractivity contribution in [1.82, 2.24) is 24.8 Å². The van der Waals surface area contributed by atoms with Crippen LogP contribution in [0, 0.1) is 0 Å². The maximum atomic E-state index is 12.4. The van der Waals surface area contributed by atoms with Crippen LogP contribution in [0.2, 0.25) is 0 Å². The van der Waals surface area contributed by atoms with Gasteiger partial charge in [0.05, 0.1) is 5.39 Å². The van der Waals surface area contributed by atoms with E-state index in [1.165, 1.54) is 19.2 Å². The van der Waals surface area contributed by atoms with Crippen LogP contribution in [0.15, 0.2) is 67.1 Å². The smallest absolute Gasteiger partial charge is 0.221 e. The largest absolute Gasteiger partial charge is 0.457 e. The molecule has 4 aromatic rings. The Bertz CT molecular complexity index is 1280. The molecule has 1 saturated heterocycles. The van der Waals surface area contributed by atoms with Gasteiger partial charge in [-0.05, 0) is 55.8 Å². The zero-order chi connectivity index (χ0) is 24.0. The van der Waals surface area contributed by atoms with Crippen molar-refractivity contribution in [2.45, 2.75) is 25.8 Å². The van der Waals surface area contributed by atoms with Crippen LogP contribution in [0.25, 0.3) is 22.2 Å². The van der Waals surface area contributed by atoms with Crippen LogP contribution < -0.4 is 15.8 Å². The van der Waals surface area contributed by atoms with E-state index < -0.39 is 0 Å². The van der Waals surface area contributed by atoms with Gasteiger partial charge >= 0.3 is 0 Å². The van der Waals surface area contributed by atoms with Gasteiger partial charge in [0.15, 0.2) is 0 Å². The van der Waals surface area contributed by atoms with Gasteiger partial charge < -0.3 is 25.3 Å². The summed E-state index contributed by atoms with van der Waals surface area (Å²) in [7, 11) is 0. The molecule has 2 aromatic heterocycles. The van der Waals surface area contributed by atoms with E-state index >= 15 is 0 Å². The van der Waals surface area contributed by atoms with Crippen LogP contribution in [0.3, 0.4) is 0 Å². The Kier molecular flexibility index (Phi) is 6.90. The predicted octanol–water partition coefficient (Wildman–Crippen LogP) is 4.07. The third-order valence-corrected chi connectivity index (χ3v) is 6.36. The molecule has 0 unspecified atom stereocenters. The molecular formula is C27H30N6O2. The van der Waals surface area contributed by atoms with Gasteiger partial charge in [0.2, 0.25) is 5.91 Å². The van der Waals surface area contributed by atoms with Crippen molar-refractivity contribution in [3.8, 4) is 22.6 Å². The van der Waals surface area contributed by atoms with Crippen LogP contribution >= 0.6 is 0 Å². The maximum absolute atomic E-state index is 12.4. The van der Waals surface area contributed by atoms with Crippen LogP contribution in [0.5, 0.6) is 11.5 Å². The van der Waals surface area contributed by atoms with Crippen LogP contribution in [-0.4, -0.2) is 51.5 Å². The number of nitrogens with one attached hydrogen (secondary N) is 1. The highest BCUT2D eigenvalue weighted by Gasteiger charge is 2.16. The number of anilines is 1. The molecule has 3 heterocycles. The summed E-state index contributed by atoms with van der Waals surface area (Å²) >= 11 is 0. The molecule has 5 rings (SSSR count). The van der Waals surface area contributed by atoms with Crippen molar-refractivity contribution < 1.29 is 9.53 Å². The molecule has 35 heavy (non-hydrogen) atoms. The Morgan fingerprint density at radius 3 is 2.49 bits per heavy atom. The monoisotopic (exact) mass is 470 g/mol. The fraction of sp³-hybridized carbons (Fsp3) is 0.296. The molecular weight excluding hydrogens is 440 g/mol. The number of benzene rings is 2. The van der Waals surface area contributed by atoms with Crippen molar-refractivity contribution in [3.05, 3.63) is 67.1 Å². The number of fused-ring (bicyclic) bond motifs is 1. The molecule has 8 heteroatoms. The average molecular weight is 471 g/mol. The minimum absolute atomic E-state index is 0.0389. The van der Waals surface area contributed by atoms with E-state index in [1.807, 2.05) is 65.4 Å². The lowest BCUT2D eigenvalue weighted by atomic mass is 10.1. The molecule has 0 saturated carbocycles. The third kappa shape index (κ3) is 5.44. The number of nitrogens with zero attached hydrogens (tertiary/aromatic N) is 4. The Hall–Kier alpha value is -3.91. The normalized spacial score (nSPS) is 13.8. The van der Waals surface area contributed by atoms with Crippen LogP contribution in [0.4, 0.5) is 5.82 Å². The number of amides is 1. The highest BCUT2D eigenvalue weighted by atomic mass is 16.5. The Labute approximate surface area is 204 Å². The summed E-state index contributed by atoms with van der Waals surface area (Å²) in [5, 5.41) is 3.83. The standard InChI is InChI=1S/C27H30N6O2/c28-26-25-23(20-8-10-22(11-9-20)35-21-6-2-1-3-7-21)18-33(27(25)31-19-30-26)16-12-24(34)29-13-17-32-14-4-5-15-32/h1-3,6-11,18-19H,4-5,12-17H2,(H,29,34)(H2,28,30,31). The second-order valence-electron chi connectivity index (χ2n) is 8.78. The highest BCUT2D eigenvalue weighted by molar-refractivity contribution is 6.00. The molecule has 2 aromatic carbocycles. The van der Waals surface area contributed by atoms with E-state index in [0.29, 0.717) is 25.3 Å². The number of nitrogens with two attached hydrogens (primary N) is 1. The molecule has 0 aliphatic carbocycles. The number of para-hydroxylation sites is 1. The second kappa shape index (κ2) is 10.6. The molecule has 8 nitrogen and oxygen atoms in total. The number of ether oxygens (including phenoxy) is 1. The number of carbonyl (C=O) groups excluding carboxylic acids is 1. The van der Waals surface area contributed by atoms with E-state index in [0.717, 1.165) is 53.3 Å². The summed E-state index contributed by atoms with van der Waals surface area (Å²) in [6.07, 6.45) is 6.34. The first-order valence-corrected chi connectivity index (χ1v) is 12.1. The zero-order valence-corrected chi connectivity index (χ0v) is 19.7. The lowest BCUT2D eigenvalue weighted by Gasteiger charge is -2.14. The van der Waals surface area contributed by atoms with Gasteiger partial charge in [-0.15, -0.1) is 0 Å². The van der Waals surface area contributed by atoms with Gasteiger partial charge in [-0.25, -0.2) is 9.97 Å². The summed E-state index contributed by atoms with van der Waals surface area (Å²) in [6, 6.07) is 17.5. The fourth-order valence-electron chi connectivity index (χ4n) is 4.53. The molecule has 0 spiro atoms. The number of hydrogen-bond acceptors (Lipinski definition) is 6. The lowest BCUT2D eigenvalue weighted by Crippen LogP contribution is -2.33. The van der Waals surface area contributed by atoms with E-state index in [1.54, 1.807) is 0 Å².